The number of nitrogens with zero attached hydrogens (tertiary/aromatic N) is 3. The molecule has 0 aliphatic carbocycles. The van der Waals surface area contributed by atoms with Crippen LogP contribution in [0.25, 0.3) is 22.8 Å². The molecule has 2 aromatic heterocycles. The number of nitrogens with one attached hydrogen (secondary N) is 1. The Morgan fingerprint density at radius 3 is 2.74 bits per heavy atom. The zero-order chi connectivity index (χ0) is 16.2. The first kappa shape index (κ1) is 15.2. The molecule has 23 heavy (non-hydrogen) atoms. The normalized spacial score (nSPS) is 12.1. The van der Waals surface area contributed by atoms with E-state index in [0.717, 1.165) is 16.7 Å². The number of anilines is 1. The lowest BCUT2D eigenvalue weighted by molar-refractivity contribution is 0.281. The average molecular weight is 310 g/mol. The number of rotatable bonds is 5. The van der Waals surface area contributed by atoms with Crippen molar-refractivity contribution < 1.29 is 9.63 Å². The summed E-state index contributed by atoms with van der Waals surface area (Å²) in [5.74, 6) is 1.68. The van der Waals surface area contributed by atoms with Crippen molar-refractivity contribution in [1.82, 2.24) is 15.1 Å². The van der Waals surface area contributed by atoms with Crippen LogP contribution < -0.4 is 5.32 Å². The first-order chi connectivity index (χ1) is 11.2. The van der Waals surface area contributed by atoms with Gasteiger partial charge in [-0.15, -0.1) is 0 Å². The molecule has 0 bridgehead atoms. The van der Waals surface area contributed by atoms with Crippen LogP contribution in [0.2, 0.25) is 0 Å². The van der Waals surface area contributed by atoms with Crippen molar-refractivity contribution in [3.63, 3.8) is 0 Å². The van der Waals surface area contributed by atoms with Crippen molar-refractivity contribution in [3.05, 3.63) is 48.2 Å². The van der Waals surface area contributed by atoms with Crippen LogP contribution in [0, 0.1) is 6.92 Å². The molecule has 0 aliphatic heterocycles. The number of hydrogen-bond donors (Lipinski definition) is 2. The summed E-state index contributed by atoms with van der Waals surface area (Å²) in [6, 6.07) is 11.5. The van der Waals surface area contributed by atoms with Gasteiger partial charge in [0.25, 0.3) is 5.89 Å². The van der Waals surface area contributed by atoms with Crippen molar-refractivity contribution in [2.24, 2.45) is 0 Å². The van der Waals surface area contributed by atoms with E-state index in [2.05, 4.69) is 20.4 Å². The standard InChI is InChI=1S/C17H18N4O2/c1-11-5-3-4-6-14(11)16-20-17(23-21-16)13-7-8-15(18-9-13)19-12(2)10-22/h3-9,12,22H,10H2,1-2H3,(H,18,19)/t12-/m1/s1. The van der Waals surface area contributed by atoms with E-state index in [0.29, 0.717) is 17.5 Å². The molecule has 0 aliphatic rings. The Hall–Kier alpha value is -2.73. The third kappa shape index (κ3) is 3.37. The molecule has 0 spiro atoms. The van der Waals surface area contributed by atoms with Gasteiger partial charge in [0.1, 0.15) is 5.82 Å². The highest BCUT2D eigenvalue weighted by atomic mass is 16.5. The van der Waals surface area contributed by atoms with Crippen LogP contribution in [0.15, 0.2) is 47.1 Å². The lowest BCUT2D eigenvalue weighted by atomic mass is 10.1. The fraction of sp³-hybridized carbons (Fsp3) is 0.235. The molecular weight excluding hydrogens is 292 g/mol. The predicted molar refractivity (Wildman–Crippen MR) is 87.9 cm³/mol. The van der Waals surface area contributed by atoms with Crippen molar-refractivity contribution in [2.75, 3.05) is 11.9 Å². The highest BCUT2D eigenvalue weighted by Gasteiger charge is 2.12. The lowest BCUT2D eigenvalue weighted by Crippen LogP contribution is -2.19. The molecule has 118 valence electrons. The fourth-order valence-corrected chi connectivity index (χ4v) is 2.18. The topological polar surface area (TPSA) is 84.1 Å². The summed E-state index contributed by atoms with van der Waals surface area (Å²) in [4.78, 5) is 8.73. The first-order valence-electron chi connectivity index (χ1n) is 7.41. The average Bonchev–Trinajstić information content (AvgIpc) is 3.05. The number of pyridine rings is 1. The fourth-order valence-electron chi connectivity index (χ4n) is 2.18. The minimum Gasteiger partial charge on any atom is -0.394 e. The summed E-state index contributed by atoms with van der Waals surface area (Å²) >= 11 is 0. The molecule has 3 rings (SSSR count). The maximum atomic E-state index is 9.04. The van der Waals surface area contributed by atoms with Gasteiger partial charge in [0.15, 0.2) is 0 Å². The Kier molecular flexibility index (Phi) is 4.34. The molecule has 0 saturated carbocycles. The molecule has 0 saturated heterocycles. The number of benzene rings is 1. The molecule has 3 aromatic rings. The van der Waals surface area contributed by atoms with E-state index in [1.54, 1.807) is 6.20 Å². The van der Waals surface area contributed by atoms with E-state index in [-0.39, 0.29) is 12.6 Å². The van der Waals surface area contributed by atoms with E-state index >= 15 is 0 Å². The molecule has 6 nitrogen and oxygen atoms in total. The van der Waals surface area contributed by atoms with E-state index < -0.39 is 0 Å². The Morgan fingerprint density at radius 2 is 2.04 bits per heavy atom. The zero-order valence-electron chi connectivity index (χ0n) is 13.0. The molecule has 0 fully saturated rings. The van der Waals surface area contributed by atoms with Crippen LogP contribution in [0.1, 0.15) is 12.5 Å². The molecule has 1 aromatic carbocycles. The monoisotopic (exact) mass is 310 g/mol. The van der Waals surface area contributed by atoms with Gasteiger partial charge in [-0.25, -0.2) is 4.98 Å². The van der Waals surface area contributed by atoms with Crippen molar-refractivity contribution >= 4 is 5.82 Å². The zero-order valence-corrected chi connectivity index (χ0v) is 13.0. The van der Waals surface area contributed by atoms with Gasteiger partial charge >= 0.3 is 0 Å². The smallest absolute Gasteiger partial charge is 0.259 e. The molecule has 2 N–H and O–H groups in total. The van der Waals surface area contributed by atoms with Gasteiger partial charge < -0.3 is 14.9 Å². The van der Waals surface area contributed by atoms with Crippen LogP contribution >= 0.6 is 0 Å². The molecule has 6 heteroatoms. The van der Waals surface area contributed by atoms with Crippen LogP contribution in [-0.2, 0) is 0 Å². The van der Waals surface area contributed by atoms with Crippen molar-refractivity contribution in [2.45, 2.75) is 19.9 Å². The summed E-state index contributed by atoms with van der Waals surface area (Å²) in [5.41, 5.74) is 2.79. The lowest BCUT2D eigenvalue weighted by Gasteiger charge is -2.10. The Balaban J connectivity index is 1.82. The summed E-state index contributed by atoms with van der Waals surface area (Å²) < 4.78 is 5.34. The maximum Gasteiger partial charge on any atom is 0.259 e. The predicted octanol–water partition coefficient (Wildman–Crippen LogP) is 2.90. The van der Waals surface area contributed by atoms with Gasteiger partial charge in [-0.1, -0.05) is 29.4 Å². The van der Waals surface area contributed by atoms with Crippen LogP contribution in [0.5, 0.6) is 0 Å². The third-order valence-electron chi connectivity index (χ3n) is 3.49. The molecule has 1 atom stereocenters. The second kappa shape index (κ2) is 6.58. The Bertz CT molecular complexity index is 783. The number of aryl methyl sites for hydroxylation is 1. The second-order valence-electron chi connectivity index (χ2n) is 5.40. The maximum absolute atomic E-state index is 9.04. The number of aliphatic hydroxyl groups is 1. The Morgan fingerprint density at radius 1 is 1.22 bits per heavy atom. The van der Waals surface area contributed by atoms with Crippen LogP contribution in [0.4, 0.5) is 5.82 Å². The van der Waals surface area contributed by atoms with Gasteiger partial charge in [-0.2, -0.15) is 4.98 Å². The van der Waals surface area contributed by atoms with Gasteiger partial charge in [0, 0.05) is 17.8 Å². The number of aliphatic hydroxyl groups excluding tert-OH is 1. The number of aromatic nitrogens is 3. The van der Waals surface area contributed by atoms with Crippen molar-refractivity contribution in [3.8, 4) is 22.8 Å². The second-order valence-corrected chi connectivity index (χ2v) is 5.40. The molecule has 0 radical (unpaired) electrons. The highest BCUT2D eigenvalue weighted by molar-refractivity contribution is 5.62. The van der Waals surface area contributed by atoms with Crippen LogP contribution in [0.3, 0.4) is 0 Å². The first-order valence-corrected chi connectivity index (χ1v) is 7.41. The largest absolute Gasteiger partial charge is 0.394 e. The van der Waals surface area contributed by atoms with E-state index in [1.165, 1.54) is 0 Å². The van der Waals surface area contributed by atoms with E-state index in [4.69, 9.17) is 9.63 Å². The van der Waals surface area contributed by atoms with Crippen molar-refractivity contribution in [1.29, 1.82) is 0 Å². The summed E-state index contributed by atoms with van der Waals surface area (Å²) in [6.07, 6.45) is 1.67. The quantitative estimate of drug-likeness (QED) is 0.754. The summed E-state index contributed by atoms with van der Waals surface area (Å²) in [7, 11) is 0. The Labute approximate surface area is 134 Å². The molecule has 0 unspecified atom stereocenters. The third-order valence-corrected chi connectivity index (χ3v) is 3.49. The SMILES string of the molecule is Cc1ccccc1-c1noc(-c2ccc(N[C@H](C)CO)nc2)n1. The number of hydrogen-bond acceptors (Lipinski definition) is 6. The minimum absolute atomic E-state index is 0.0485. The van der Waals surface area contributed by atoms with Gasteiger partial charge in [0.05, 0.1) is 12.2 Å². The summed E-state index contributed by atoms with van der Waals surface area (Å²) in [6.45, 7) is 3.94. The van der Waals surface area contributed by atoms with Gasteiger partial charge in [-0.05, 0) is 31.5 Å². The van der Waals surface area contributed by atoms with Crippen LogP contribution in [-0.4, -0.2) is 32.9 Å². The minimum atomic E-state index is -0.0515. The van der Waals surface area contributed by atoms with Gasteiger partial charge in [0.2, 0.25) is 5.82 Å². The molecular formula is C17H18N4O2. The van der Waals surface area contributed by atoms with Gasteiger partial charge in [-0.3, -0.25) is 0 Å². The van der Waals surface area contributed by atoms with E-state index in [1.807, 2.05) is 50.2 Å². The molecule has 2 heterocycles. The summed E-state index contributed by atoms with van der Waals surface area (Å²) in [5, 5.41) is 16.2. The highest BCUT2D eigenvalue weighted by Crippen LogP contribution is 2.24. The van der Waals surface area contributed by atoms with E-state index in [9.17, 15) is 0 Å². The molecule has 0 amide bonds.